The molecule has 0 bridgehead atoms. The summed E-state index contributed by atoms with van der Waals surface area (Å²) in [5.74, 6) is 0. The lowest BCUT2D eigenvalue weighted by molar-refractivity contribution is 0.146. The monoisotopic (exact) mass is 311 g/mol. The highest BCUT2D eigenvalue weighted by molar-refractivity contribution is 9.10. The first kappa shape index (κ1) is 14.0. The van der Waals surface area contributed by atoms with Crippen LogP contribution in [-0.2, 0) is 0 Å². The Bertz CT molecular complexity index is 388. The van der Waals surface area contributed by atoms with E-state index in [0.717, 1.165) is 29.5 Å². The smallest absolute Gasteiger partial charge is 0.0802 e. The molecule has 18 heavy (non-hydrogen) atoms. The van der Waals surface area contributed by atoms with Crippen LogP contribution in [0.2, 0.25) is 0 Å². The van der Waals surface area contributed by atoms with E-state index in [-0.39, 0.29) is 6.10 Å². The number of nitrogens with zero attached hydrogens (tertiary/aromatic N) is 1. The Labute approximate surface area is 118 Å². The molecular weight excluding hydrogens is 290 g/mol. The van der Waals surface area contributed by atoms with Crippen molar-refractivity contribution < 1.29 is 5.11 Å². The molecule has 1 aliphatic heterocycles. The number of hydrogen-bond donors (Lipinski definition) is 1. The maximum Gasteiger partial charge on any atom is 0.0802 e. The van der Waals surface area contributed by atoms with Crippen LogP contribution in [0, 0.1) is 5.41 Å². The van der Waals surface area contributed by atoms with E-state index < -0.39 is 0 Å². The zero-order valence-electron chi connectivity index (χ0n) is 11.2. The lowest BCUT2D eigenvalue weighted by Crippen LogP contribution is -2.25. The van der Waals surface area contributed by atoms with Gasteiger partial charge in [0.25, 0.3) is 0 Å². The Morgan fingerprint density at radius 1 is 1.33 bits per heavy atom. The molecular formula is C15H22BrNO. The van der Waals surface area contributed by atoms with Crippen molar-refractivity contribution in [1.29, 1.82) is 0 Å². The van der Waals surface area contributed by atoms with E-state index in [9.17, 15) is 5.11 Å². The van der Waals surface area contributed by atoms with Crippen molar-refractivity contribution in [3.63, 3.8) is 0 Å². The molecule has 1 saturated heterocycles. The molecule has 3 heteroatoms. The van der Waals surface area contributed by atoms with Gasteiger partial charge in [-0.25, -0.2) is 0 Å². The lowest BCUT2D eigenvalue weighted by Gasteiger charge is -2.21. The summed E-state index contributed by atoms with van der Waals surface area (Å²) < 4.78 is 1.06. The summed E-state index contributed by atoms with van der Waals surface area (Å²) in [6.45, 7) is 7.94. The van der Waals surface area contributed by atoms with Gasteiger partial charge in [0.05, 0.1) is 6.10 Å². The highest BCUT2D eigenvalue weighted by atomic mass is 79.9. The molecule has 0 aliphatic carbocycles. The molecule has 1 unspecified atom stereocenters. The normalized spacial score (nSPS) is 21.1. The first-order chi connectivity index (χ1) is 8.46. The fourth-order valence-electron chi connectivity index (χ4n) is 2.57. The summed E-state index contributed by atoms with van der Waals surface area (Å²) in [5, 5.41) is 10.2. The van der Waals surface area contributed by atoms with Crippen LogP contribution in [0.15, 0.2) is 28.7 Å². The Morgan fingerprint density at radius 3 is 2.56 bits per heavy atom. The molecule has 0 amide bonds. The third-order valence-electron chi connectivity index (χ3n) is 3.73. The van der Waals surface area contributed by atoms with Gasteiger partial charge in [-0.15, -0.1) is 0 Å². The summed E-state index contributed by atoms with van der Waals surface area (Å²) in [6.07, 6.45) is 1.74. The second kappa shape index (κ2) is 5.72. The fourth-order valence-corrected chi connectivity index (χ4v) is 2.84. The zero-order valence-corrected chi connectivity index (χ0v) is 12.8. The number of aliphatic hydroxyl groups is 1. The molecule has 2 nitrogen and oxygen atoms in total. The van der Waals surface area contributed by atoms with Crippen LogP contribution in [0.3, 0.4) is 0 Å². The molecule has 0 radical (unpaired) electrons. The Hall–Kier alpha value is -0.380. The first-order valence-corrected chi connectivity index (χ1v) is 7.41. The number of halogens is 1. The topological polar surface area (TPSA) is 23.5 Å². The van der Waals surface area contributed by atoms with E-state index in [0.29, 0.717) is 5.41 Å². The number of hydrogen-bond acceptors (Lipinski definition) is 2. The molecule has 1 aromatic carbocycles. The maximum atomic E-state index is 10.2. The molecule has 2 rings (SSSR count). The molecule has 1 fully saturated rings. The first-order valence-electron chi connectivity index (χ1n) is 6.62. The largest absolute Gasteiger partial charge is 0.388 e. The summed E-state index contributed by atoms with van der Waals surface area (Å²) >= 11 is 3.41. The molecule has 0 spiro atoms. The van der Waals surface area contributed by atoms with Crippen molar-refractivity contribution in [2.75, 3.05) is 19.6 Å². The van der Waals surface area contributed by atoms with Crippen LogP contribution >= 0.6 is 15.9 Å². The highest BCUT2D eigenvalue weighted by Gasteiger charge is 2.28. The van der Waals surface area contributed by atoms with E-state index >= 15 is 0 Å². The molecule has 1 aromatic rings. The van der Waals surface area contributed by atoms with E-state index in [2.05, 4.69) is 34.7 Å². The SMILES string of the molecule is CC1(C)CCN(CCC(O)c2ccc(Br)cc2)C1. The third-order valence-corrected chi connectivity index (χ3v) is 4.26. The minimum Gasteiger partial charge on any atom is -0.388 e. The molecule has 0 saturated carbocycles. The molecule has 1 heterocycles. The standard InChI is InChI=1S/C15H22BrNO/c1-15(2)8-10-17(11-15)9-7-14(18)12-3-5-13(16)6-4-12/h3-6,14,18H,7-11H2,1-2H3. The molecule has 1 atom stereocenters. The quantitative estimate of drug-likeness (QED) is 0.918. The summed E-state index contributed by atoms with van der Waals surface area (Å²) in [4.78, 5) is 2.46. The summed E-state index contributed by atoms with van der Waals surface area (Å²) in [7, 11) is 0. The van der Waals surface area contributed by atoms with Gasteiger partial charge in [0.2, 0.25) is 0 Å². The van der Waals surface area contributed by atoms with Gasteiger partial charge in [0, 0.05) is 17.6 Å². The predicted molar refractivity (Wildman–Crippen MR) is 78.6 cm³/mol. The molecule has 1 aliphatic rings. The number of aliphatic hydroxyl groups excluding tert-OH is 1. The van der Waals surface area contributed by atoms with Crippen molar-refractivity contribution in [1.82, 2.24) is 4.90 Å². The van der Waals surface area contributed by atoms with E-state index in [1.165, 1.54) is 13.0 Å². The Balaban J connectivity index is 1.82. The van der Waals surface area contributed by atoms with E-state index in [1.807, 2.05) is 24.3 Å². The fraction of sp³-hybridized carbons (Fsp3) is 0.600. The van der Waals surface area contributed by atoms with Gasteiger partial charge in [-0.2, -0.15) is 0 Å². The Morgan fingerprint density at radius 2 is 2.00 bits per heavy atom. The van der Waals surface area contributed by atoms with Gasteiger partial charge in [-0.05, 0) is 42.5 Å². The van der Waals surface area contributed by atoms with Gasteiger partial charge in [0.1, 0.15) is 0 Å². The van der Waals surface area contributed by atoms with Crippen LogP contribution in [0.1, 0.15) is 38.4 Å². The van der Waals surface area contributed by atoms with Crippen LogP contribution in [-0.4, -0.2) is 29.6 Å². The zero-order chi connectivity index (χ0) is 13.2. The van der Waals surface area contributed by atoms with E-state index in [1.54, 1.807) is 0 Å². The predicted octanol–water partition coefficient (Wildman–Crippen LogP) is 3.60. The Kier molecular flexibility index (Phi) is 4.46. The maximum absolute atomic E-state index is 10.2. The molecule has 100 valence electrons. The molecule has 0 aromatic heterocycles. The number of rotatable bonds is 4. The van der Waals surface area contributed by atoms with Gasteiger partial charge in [0.15, 0.2) is 0 Å². The van der Waals surface area contributed by atoms with Crippen molar-refractivity contribution in [2.45, 2.75) is 32.8 Å². The van der Waals surface area contributed by atoms with Crippen LogP contribution < -0.4 is 0 Å². The van der Waals surface area contributed by atoms with Gasteiger partial charge in [-0.3, -0.25) is 0 Å². The van der Waals surface area contributed by atoms with Gasteiger partial charge < -0.3 is 10.0 Å². The van der Waals surface area contributed by atoms with Crippen molar-refractivity contribution in [2.24, 2.45) is 5.41 Å². The number of likely N-dealkylation sites (tertiary alicyclic amines) is 1. The average molecular weight is 312 g/mol. The second-order valence-electron chi connectivity index (χ2n) is 6.05. The number of benzene rings is 1. The third kappa shape index (κ3) is 3.81. The summed E-state index contributed by atoms with van der Waals surface area (Å²) in [6, 6.07) is 7.94. The van der Waals surface area contributed by atoms with Crippen LogP contribution in [0.4, 0.5) is 0 Å². The highest BCUT2D eigenvalue weighted by Crippen LogP contribution is 2.29. The average Bonchev–Trinajstić information content (AvgIpc) is 2.67. The lowest BCUT2D eigenvalue weighted by atomic mass is 9.93. The van der Waals surface area contributed by atoms with E-state index in [4.69, 9.17) is 0 Å². The second-order valence-corrected chi connectivity index (χ2v) is 6.96. The summed E-state index contributed by atoms with van der Waals surface area (Å²) in [5.41, 5.74) is 1.46. The van der Waals surface area contributed by atoms with Crippen LogP contribution in [0.5, 0.6) is 0 Å². The van der Waals surface area contributed by atoms with Gasteiger partial charge >= 0.3 is 0 Å². The van der Waals surface area contributed by atoms with Crippen LogP contribution in [0.25, 0.3) is 0 Å². The minimum atomic E-state index is -0.346. The minimum absolute atomic E-state index is 0.346. The van der Waals surface area contributed by atoms with Crippen molar-refractivity contribution in [3.8, 4) is 0 Å². The van der Waals surface area contributed by atoms with Crippen molar-refractivity contribution in [3.05, 3.63) is 34.3 Å². The van der Waals surface area contributed by atoms with Gasteiger partial charge in [-0.1, -0.05) is 41.9 Å². The molecule has 1 N–H and O–H groups in total. The van der Waals surface area contributed by atoms with Crippen molar-refractivity contribution >= 4 is 15.9 Å².